The van der Waals surface area contributed by atoms with Crippen LogP contribution in [0.4, 0.5) is 5.69 Å². The summed E-state index contributed by atoms with van der Waals surface area (Å²) in [5.74, 6) is 0.151. The highest BCUT2D eigenvalue weighted by molar-refractivity contribution is 9.10. The van der Waals surface area contributed by atoms with Crippen LogP contribution >= 0.6 is 27.7 Å². The van der Waals surface area contributed by atoms with Crippen molar-refractivity contribution < 1.29 is 9.90 Å². The number of thioether (sulfide) groups is 1. The molecule has 1 aromatic rings. The maximum atomic E-state index is 12.3. The molecule has 0 bridgehead atoms. The van der Waals surface area contributed by atoms with E-state index < -0.39 is 0 Å². The van der Waals surface area contributed by atoms with Crippen LogP contribution in [0.15, 0.2) is 28.7 Å². The van der Waals surface area contributed by atoms with Crippen molar-refractivity contribution >= 4 is 39.3 Å². The number of aliphatic hydroxyl groups is 1. The molecule has 1 saturated heterocycles. The van der Waals surface area contributed by atoms with E-state index >= 15 is 0 Å². The second-order valence-electron chi connectivity index (χ2n) is 4.38. The van der Waals surface area contributed by atoms with Gasteiger partial charge in [0.05, 0.1) is 11.9 Å². The van der Waals surface area contributed by atoms with Crippen LogP contribution in [0, 0.1) is 0 Å². The molecule has 0 unspecified atom stereocenters. The number of amides is 1. The van der Waals surface area contributed by atoms with Crippen molar-refractivity contribution in [3.8, 4) is 0 Å². The summed E-state index contributed by atoms with van der Waals surface area (Å²) in [4.78, 5) is 14.1. The lowest BCUT2D eigenvalue weighted by Gasteiger charge is -2.18. The van der Waals surface area contributed by atoms with E-state index in [1.165, 1.54) is 0 Å². The normalized spacial score (nSPS) is 21.4. The smallest absolute Gasteiger partial charge is 0.240 e. The molecule has 0 aliphatic carbocycles. The maximum Gasteiger partial charge on any atom is 0.240 e. The first-order valence-electron chi connectivity index (χ1n) is 5.95. The number of benzene rings is 1. The summed E-state index contributed by atoms with van der Waals surface area (Å²) >= 11 is 4.98. The fraction of sp³-hybridized carbons (Fsp3) is 0.462. The molecular formula is C13H16BrNO2S. The fourth-order valence-electron chi connectivity index (χ4n) is 2.00. The lowest BCUT2D eigenvalue weighted by Crippen LogP contribution is -2.29. The minimum atomic E-state index is -0.0221. The Labute approximate surface area is 120 Å². The zero-order valence-corrected chi connectivity index (χ0v) is 12.6. The molecule has 0 saturated carbocycles. The maximum absolute atomic E-state index is 12.3. The van der Waals surface area contributed by atoms with Gasteiger partial charge < -0.3 is 10.0 Å². The van der Waals surface area contributed by atoms with E-state index in [1.807, 2.05) is 36.1 Å². The Kier molecular flexibility index (Phi) is 4.70. The highest BCUT2D eigenvalue weighted by atomic mass is 79.9. The zero-order valence-electron chi connectivity index (χ0n) is 10.2. The zero-order chi connectivity index (χ0) is 13.1. The van der Waals surface area contributed by atoms with Crippen LogP contribution in [0.5, 0.6) is 0 Å². The Morgan fingerprint density at radius 3 is 3.06 bits per heavy atom. The molecule has 2 rings (SSSR count). The Hall–Kier alpha value is -0.520. The van der Waals surface area contributed by atoms with Crippen molar-refractivity contribution in [2.75, 3.05) is 18.1 Å². The number of rotatable bonds is 4. The molecule has 1 N–H and O–H groups in total. The van der Waals surface area contributed by atoms with Crippen molar-refractivity contribution in [3.05, 3.63) is 28.7 Å². The van der Waals surface area contributed by atoms with E-state index in [1.54, 1.807) is 11.8 Å². The molecule has 1 amide bonds. The standard InChI is InChI=1S/C13H16BrNO2S/c1-9(8-16)18-12-5-6-15(13(12)17)11-4-2-3-10(14)7-11/h2-4,7,9,12,16H,5-6,8H2,1H3/t9-,12-/m0/s1. The van der Waals surface area contributed by atoms with Crippen LogP contribution in [-0.2, 0) is 4.79 Å². The predicted octanol–water partition coefficient (Wildman–Crippen LogP) is 2.67. The SMILES string of the molecule is C[C@@H](CO)S[C@H]1CCN(c2cccc(Br)c2)C1=O. The molecule has 2 atom stereocenters. The van der Waals surface area contributed by atoms with Crippen LogP contribution in [0.1, 0.15) is 13.3 Å². The predicted molar refractivity (Wildman–Crippen MR) is 79.0 cm³/mol. The molecule has 0 aromatic heterocycles. The van der Waals surface area contributed by atoms with Crippen molar-refractivity contribution in [1.82, 2.24) is 0 Å². The summed E-state index contributed by atoms with van der Waals surface area (Å²) in [6.07, 6.45) is 0.848. The van der Waals surface area contributed by atoms with Gasteiger partial charge in [0.15, 0.2) is 0 Å². The Bertz CT molecular complexity index is 441. The molecule has 1 heterocycles. The van der Waals surface area contributed by atoms with Gasteiger partial charge in [-0.1, -0.05) is 28.9 Å². The van der Waals surface area contributed by atoms with E-state index in [2.05, 4.69) is 15.9 Å². The third-order valence-corrected chi connectivity index (χ3v) is 4.80. The summed E-state index contributed by atoms with van der Waals surface area (Å²) in [5, 5.41) is 9.14. The minimum absolute atomic E-state index is 0.0221. The van der Waals surface area contributed by atoms with Crippen molar-refractivity contribution in [2.45, 2.75) is 23.8 Å². The molecular weight excluding hydrogens is 314 g/mol. The highest BCUT2D eigenvalue weighted by Gasteiger charge is 2.33. The first-order valence-corrected chi connectivity index (χ1v) is 7.68. The van der Waals surface area contributed by atoms with Crippen molar-refractivity contribution in [3.63, 3.8) is 0 Å². The fourth-order valence-corrected chi connectivity index (χ4v) is 3.52. The van der Waals surface area contributed by atoms with Gasteiger partial charge in [0.2, 0.25) is 5.91 Å². The van der Waals surface area contributed by atoms with Crippen molar-refractivity contribution in [2.24, 2.45) is 0 Å². The van der Waals surface area contributed by atoms with Crippen LogP contribution in [0.25, 0.3) is 0 Å². The monoisotopic (exact) mass is 329 g/mol. The summed E-state index contributed by atoms with van der Waals surface area (Å²) in [6, 6.07) is 7.79. The van der Waals surface area contributed by atoms with E-state index in [9.17, 15) is 4.79 Å². The quantitative estimate of drug-likeness (QED) is 0.923. The van der Waals surface area contributed by atoms with Crippen LogP contribution in [0.2, 0.25) is 0 Å². The van der Waals surface area contributed by atoms with Gasteiger partial charge in [-0.25, -0.2) is 0 Å². The van der Waals surface area contributed by atoms with Gasteiger partial charge in [-0.15, -0.1) is 11.8 Å². The molecule has 1 aromatic carbocycles. The number of aliphatic hydroxyl groups excluding tert-OH is 1. The molecule has 3 nitrogen and oxygen atoms in total. The molecule has 5 heteroatoms. The highest BCUT2D eigenvalue weighted by Crippen LogP contribution is 2.31. The van der Waals surface area contributed by atoms with Gasteiger partial charge in [-0.05, 0) is 24.6 Å². The first kappa shape index (κ1) is 13.9. The number of hydrogen-bond acceptors (Lipinski definition) is 3. The van der Waals surface area contributed by atoms with Gasteiger partial charge in [-0.3, -0.25) is 4.79 Å². The van der Waals surface area contributed by atoms with Crippen molar-refractivity contribution in [1.29, 1.82) is 0 Å². The van der Waals surface area contributed by atoms with E-state index in [0.717, 1.165) is 23.1 Å². The Morgan fingerprint density at radius 1 is 1.61 bits per heavy atom. The molecule has 98 valence electrons. The van der Waals surface area contributed by atoms with E-state index in [0.29, 0.717) is 0 Å². The van der Waals surface area contributed by atoms with Gasteiger partial charge in [0.25, 0.3) is 0 Å². The van der Waals surface area contributed by atoms with E-state index in [4.69, 9.17) is 5.11 Å². The number of carbonyl (C=O) groups excluding carboxylic acids is 1. The van der Waals surface area contributed by atoms with Crippen LogP contribution < -0.4 is 4.90 Å². The van der Waals surface area contributed by atoms with Gasteiger partial charge in [0.1, 0.15) is 0 Å². The van der Waals surface area contributed by atoms with E-state index in [-0.39, 0.29) is 23.0 Å². The van der Waals surface area contributed by atoms with Crippen LogP contribution in [0.3, 0.4) is 0 Å². The minimum Gasteiger partial charge on any atom is -0.395 e. The molecule has 0 spiro atoms. The largest absolute Gasteiger partial charge is 0.395 e. The lowest BCUT2D eigenvalue weighted by atomic mass is 10.3. The molecule has 1 aliphatic heterocycles. The average Bonchev–Trinajstić information content (AvgIpc) is 2.71. The molecule has 0 radical (unpaired) electrons. The summed E-state index contributed by atoms with van der Waals surface area (Å²) in [7, 11) is 0. The van der Waals surface area contributed by atoms with Gasteiger partial charge in [0, 0.05) is 22.0 Å². The Balaban J connectivity index is 2.07. The summed E-state index contributed by atoms with van der Waals surface area (Å²) in [5.41, 5.74) is 0.939. The van der Waals surface area contributed by atoms with Gasteiger partial charge >= 0.3 is 0 Å². The second kappa shape index (κ2) is 6.08. The molecule has 1 fully saturated rings. The first-order chi connectivity index (χ1) is 8.61. The summed E-state index contributed by atoms with van der Waals surface area (Å²) in [6.45, 7) is 2.82. The number of carbonyl (C=O) groups is 1. The third-order valence-electron chi connectivity index (χ3n) is 2.93. The van der Waals surface area contributed by atoms with Gasteiger partial charge in [-0.2, -0.15) is 0 Å². The number of halogens is 1. The third kappa shape index (κ3) is 3.08. The Morgan fingerprint density at radius 2 is 2.39 bits per heavy atom. The lowest BCUT2D eigenvalue weighted by molar-refractivity contribution is -0.116. The molecule has 18 heavy (non-hydrogen) atoms. The topological polar surface area (TPSA) is 40.5 Å². The number of anilines is 1. The average molecular weight is 330 g/mol. The second-order valence-corrected chi connectivity index (χ2v) is 6.94. The molecule has 1 aliphatic rings. The van der Waals surface area contributed by atoms with Crippen LogP contribution in [-0.4, -0.2) is 34.7 Å². The number of hydrogen-bond donors (Lipinski definition) is 1. The number of nitrogens with zero attached hydrogens (tertiary/aromatic N) is 1. The summed E-state index contributed by atoms with van der Waals surface area (Å²) < 4.78 is 0.979.